The van der Waals surface area contributed by atoms with E-state index in [-0.39, 0.29) is 30.3 Å². The molecule has 2 atom stereocenters. The van der Waals surface area contributed by atoms with Crippen LogP contribution in [0.4, 0.5) is 9.59 Å². The van der Waals surface area contributed by atoms with Crippen molar-refractivity contribution in [3.63, 3.8) is 0 Å². The van der Waals surface area contributed by atoms with Crippen LogP contribution in [0.3, 0.4) is 0 Å². The number of aromatic amines is 2. The number of hydrogen-bond donors (Lipinski definition) is 5. The van der Waals surface area contributed by atoms with Gasteiger partial charge in [-0.3, -0.25) is 9.59 Å². The molecule has 5 aromatic rings. The number of nitrogens with one attached hydrogen (secondary N) is 5. The van der Waals surface area contributed by atoms with Crippen molar-refractivity contribution in [2.24, 2.45) is 5.92 Å². The van der Waals surface area contributed by atoms with Gasteiger partial charge in [-0.1, -0.05) is 25.8 Å². The number of ether oxygens (including phenoxy) is 2. The van der Waals surface area contributed by atoms with Crippen LogP contribution in [-0.4, -0.2) is 93.7 Å². The first-order valence-corrected chi connectivity index (χ1v) is 18.3. The maximum Gasteiger partial charge on any atom is 0.407 e. The lowest BCUT2D eigenvalue weighted by Crippen LogP contribution is -2.51. The number of benzene rings is 2. The number of nitrogens with zero attached hydrogens (tertiary/aromatic N) is 4. The van der Waals surface area contributed by atoms with Gasteiger partial charge in [-0.05, 0) is 80.0 Å². The van der Waals surface area contributed by atoms with E-state index in [1.165, 1.54) is 14.2 Å². The van der Waals surface area contributed by atoms with Gasteiger partial charge >= 0.3 is 12.2 Å². The van der Waals surface area contributed by atoms with Gasteiger partial charge in [0.1, 0.15) is 23.4 Å². The summed E-state index contributed by atoms with van der Waals surface area (Å²) in [4.78, 5) is 71.0. The van der Waals surface area contributed by atoms with Crippen molar-refractivity contribution >= 4 is 45.9 Å². The van der Waals surface area contributed by atoms with Gasteiger partial charge in [0.25, 0.3) is 0 Å². The van der Waals surface area contributed by atoms with Crippen LogP contribution in [0.25, 0.3) is 33.2 Å². The van der Waals surface area contributed by atoms with Crippen molar-refractivity contribution in [1.29, 1.82) is 0 Å². The largest absolute Gasteiger partial charge is 0.453 e. The number of carbonyl (C=O) groups is 4. The van der Waals surface area contributed by atoms with Crippen LogP contribution in [-0.2, 0) is 25.5 Å². The normalized spacial score (nSPS) is 14.3. The fraction of sp³-hybridized carbons (Fsp3) is 0.375. The van der Waals surface area contributed by atoms with E-state index in [2.05, 4.69) is 53.5 Å². The number of carbonyl (C=O) groups excluding carboxylic acids is 4. The SMILES string of the molecule is COC(=O)NCC(=O)NCCCCc1ncc(-c2ccc3nc(C#Cc4ccc5nc(C6CCCN6C(=O)C(NC(=O)OC)C(C)C)[nH]c5c4)ccc3c2)[nH]1. The molecule has 1 aliphatic heterocycles. The van der Waals surface area contributed by atoms with Crippen molar-refractivity contribution < 1.29 is 28.7 Å². The van der Waals surface area contributed by atoms with E-state index in [0.29, 0.717) is 24.6 Å². The number of unbranched alkanes of at least 4 members (excludes halogenated alkanes) is 1. The van der Waals surface area contributed by atoms with E-state index in [1.807, 2.05) is 62.5 Å². The average Bonchev–Trinajstić information content (AvgIpc) is 3.97. The molecule has 1 fully saturated rings. The Balaban J connectivity index is 1.06. The van der Waals surface area contributed by atoms with Gasteiger partial charge in [0.15, 0.2) is 0 Å². The molecule has 286 valence electrons. The first kappa shape index (κ1) is 38.3. The predicted molar refractivity (Wildman–Crippen MR) is 206 cm³/mol. The summed E-state index contributed by atoms with van der Waals surface area (Å²) in [5, 5.41) is 8.78. The summed E-state index contributed by atoms with van der Waals surface area (Å²) in [6.45, 7) is 4.75. The van der Waals surface area contributed by atoms with Crippen LogP contribution in [0.1, 0.15) is 68.5 Å². The zero-order valence-corrected chi connectivity index (χ0v) is 31.3. The van der Waals surface area contributed by atoms with Crippen LogP contribution in [0, 0.1) is 17.8 Å². The molecule has 2 unspecified atom stereocenters. The maximum absolute atomic E-state index is 13.5. The van der Waals surface area contributed by atoms with E-state index in [4.69, 9.17) is 14.7 Å². The van der Waals surface area contributed by atoms with Gasteiger partial charge < -0.3 is 40.3 Å². The molecule has 0 bridgehead atoms. The molecule has 15 nitrogen and oxygen atoms in total. The molecule has 4 amide bonds. The van der Waals surface area contributed by atoms with Gasteiger partial charge in [-0.25, -0.2) is 24.5 Å². The molecule has 15 heteroatoms. The Labute approximate surface area is 318 Å². The Kier molecular flexibility index (Phi) is 12.3. The van der Waals surface area contributed by atoms with Crippen LogP contribution in [0.2, 0.25) is 0 Å². The van der Waals surface area contributed by atoms with Crippen molar-refractivity contribution in [3.05, 3.63) is 77.6 Å². The van der Waals surface area contributed by atoms with Gasteiger partial charge in [0.2, 0.25) is 11.8 Å². The number of likely N-dealkylation sites (tertiary alicyclic amines) is 1. The number of methoxy groups -OCH3 is 2. The minimum atomic E-state index is -0.697. The Hall–Kier alpha value is -6.43. The van der Waals surface area contributed by atoms with E-state index >= 15 is 0 Å². The van der Waals surface area contributed by atoms with Crippen LogP contribution >= 0.6 is 0 Å². The first-order chi connectivity index (χ1) is 26.6. The number of alkyl carbamates (subject to hydrolysis) is 2. The minimum absolute atomic E-state index is 0.112. The van der Waals surface area contributed by atoms with Crippen molar-refractivity contribution in [1.82, 2.24) is 45.8 Å². The second-order valence-corrected chi connectivity index (χ2v) is 13.7. The Morgan fingerprint density at radius 1 is 0.927 bits per heavy atom. The number of H-pyrrole nitrogens is 2. The van der Waals surface area contributed by atoms with Gasteiger partial charge in [-0.2, -0.15) is 0 Å². The summed E-state index contributed by atoms with van der Waals surface area (Å²) in [6.07, 6.45) is 4.49. The van der Waals surface area contributed by atoms with Gasteiger partial charge in [0.05, 0.1) is 55.2 Å². The molecule has 0 spiro atoms. The smallest absolute Gasteiger partial charge is 0.407 e. The second-order valence-electron chi connectivity index (χ2n) is 13.7. The highest BCUT2D eigenvalue weighted by Crippen LogP contribution is 2.33. The molecule has 0 radical (unpaired) electrons. The first-order valence-electron chi connectivity index (χ1n) is 18.3. The molecule has 4 heterocycles. The molecular weight excluding hydrogens is 702 g/mol. The van der Waals surface area contributed by atoms with E-state index in [9.17, 15) is 19.2 Å². The molecule has 1 saturated heterocycles. The zero-order valence-electron chi connectivity index (χ0n) is 31.3. The summed E-state index contributed by atoms with van der Waals surface area (Å²) in [5.41, 5.74) is 5.77. The molecule has 3 aromatic heterocycles. The summed E-state index contributed by atoms with van der Waals surface area (Å²) < 4.78 is 9.20. The number of pyridine rings is 1. The quantitative estimate of drug-likeness (QED) is 0.0885. The van der Waals surface area contributed by atoms with Crippen molar-refractivity contribution in [3.8, 4) is 23.1 Å². The third-order valence-corrected chi connectivity index (χ3v) is 9.45. The fourth-order valence-electron chi connectivity index (χ4n) is 6.53. The van der Waals surface area contributed by atoms with E-state index in [1.54, 1.807) is 4.90 Å². The number of hydrogen-bond acceptors (Lipinski definition) is 9. The maximum atomic E-state index is 13.5. The molecule has 0 saturated carbocycles. The summed E-state index contributed by atoms with van der Waals surface area (Å²) in [5.74, 6) is 7.45. The van der Waals surface area contributed by atoms with Crippen molar-refractivity contribution in [2.75, 3.05) is 33.9 Å². The third-order valence-electron chi connectivity index (χ3n) is 9.45. The lowest BCUT2D eigenvalue weighted by atomic mass is 10.0. The summed E-state index contributed by atoms with van der Waals surface area (Å²) in [6, 6.07) is 14.8. The van der Waals surface area contributed by atoms with Crippen molar-refractivity contribution in [2.45, 2.75) is 58.0 Å². The number of aromatic nitrogens is 5. The highest BCUT2D eigenvalue weighted by molar-refractivity contribution is 5.87. The highest BCUT2D eigenvalue weighted by Gasteiger charge is 2.37. The minimum Gasteiger partial charge on any atom is -0.453 e. The number of fused-ring (bicyclic) bond motifs is 2. The lowest BCUT2D eigenvalue weighted by molar-refractivity contribution is -0.135. The molecule has 5 N–H and O–H groups in total. The average molecular weight is 748 g/mol. The van der Waals surface area contributed by atoms with Crippen LogP contribution < -0.4 is 16.0 Å². The van der Waals surface area contributed by atoms with Crippen LogP contribution in [0.5, 0.6) is 0 Å². The number of aryl methyl sites for hydroxylation is 1. The number of rotatable bonds is 12. The Morgan fingerprint density at radius 2 is 1.75 bits per heavy atom. The topological polar surface area (TPSA) is 196 Å². The summed E-state index contributed by atoms with van der Waals surface area (Å²) >= 11 is 0. The van der Waals surface area contributed by atoms with Crippen LogP contribution in [0.15, 0.2) is 54.7 Å². The molecule has 6 rings (SSSR count). The number of amides is 4. The zero-order chi connectivity index (χ0) is 38.9. The standard InChI is InChI=1S/C40H45N9O6/c1-24(2)36(48-40(53)55-4)38(51)49-19-7-8-33(49)37-46-30-16-11-25(20-31(30)47-37)10-14-28-15-12-26-21-27(13-17-29(26)44-28)32-22-42-34(45-32)9-5-6-18-41-35(50)23-43-39(52)54-3/h11-13,15-17,20-22,24,33,36H,5-9,18-19,23H2,1-4H3,(H,41,50)(H,42,45)(H,43,52)(H,46,47)(H,48,53). The monoisotopic (exact) mass is 747 g/mol. The molecule has 55 heavy (non-hydrogen) atoms. The van der Waals surface area contributed by atoms with Gasteiger partial charge in [0, 0.05) is 36.0 Å². The predicted octanol–water partition coefficient (Wildman–Crippen LogP) is 4.74. The third kappa shape index (κ3) is 9.58. The fourth-order valence-corrected chi connectivity index (χ4v) is 6.53. The van der Waals surface area contributed by atoms with E-state index in [0.717, 1.165) is 76.7 Å². The Bertz CT molecular complexity index is 2250. The number of imidazole rings is 2. The summed E-state index contributed by atoms with van der Waals surface area (Å²) in [7, 11) is 2.53. The molecule has 1 aliphatic rings. The second kappa shape index (κ2) is 17.6. The Morgan fingerprint density at radius 3 is 2.55 bits per heavy atom. The molecular formula is C40H45N9O6. The molecule has 0 aliphatic carbocycles. The lowest BCUT2D eigenvalue weighted by Gasteiger charge is -2.29. The highest BCUT2D eigenvalue weighted by atomic mass is 16.5. The van der Waals surface area contributed by atoms with Gasteiger partial charge in [-0.15, -0.1) is 0 Å². The van der Waals surface area contributed by atoms with E-state index < -0.39 is 18.2 Å². The molecule has 2 aromatic carbocycles.